The number of esters is 1. The smallest absolute Gasteiger partial charge is 0.302 e. The van der Waals surface area contributed by atoms with Crippen molar-refractivity contribution >= 4 is 40.4 Å². The first-order valence-corrected chi connectivity index (χ1v) is 14.0. The topological polar surface area (TPSA) is 79.8 Å². The van der Waals surface area contributed by atoms with Gasteiger partial charge in [0.05, 0.1) is 11.4 Å². The van der Waals surface area contributed by atoms with Crippen LogP contribution in [-0.2, 0) is 14.3 Å². The van der Waals surface area contributed by atoms with Crippen LogP contribution in [0.4, 0.5) is 14.5 Å². The molecule has 0 aliphatic carbocycles. The van der Waals surface area contributed by atoms with E-state index in [9.17, 15) is 14.4 Å². The molecule has 2 aliphatic rings. The second-order valence-corrected chi connectivity index (χ2v) is 10.9. The van der Waals surface area contributed by atoms with Crippen molar-refractivity contribution in [3.05, 3.63) is 76.8 Å². The number of ether oxygens (including phenoxy) is 1. The summed E-state index contributed by atoms with van der Waals surface area (Å²) in [6, 6.07) is 15.9. The van der Waals surface area contributed by atoms with E-state index in [4.69, 9.17) is 4.74 Å². The number of aromatic nitrogens is 1. The van der Waals surface area contributed by atoms with Crippen LogP contribution >= 0.6 is 11.3 Å². The summed E-state index contributed by atoms with van der Waals surface area (Å²) in [5, 5.41) is 0.679. The molecule has 0 bridgehead atoms. The Labute approximate surface area is 235 Å². The van der Waals surface area contributed by atoms with Crippen LogP contribution in [0.2, 0.25) is 0 Å². The molecule has 40 heavy (non-hydrogen) atoms. The van der Waals surface area contributed by atoms with E-state index < -0.39 is 29.7 Å². The standard InChI is InChI=1S/C30H29F2N3O4S/c1-19-27(40-28(33-19)21-8-4-3-5-9-21)29(38)35-17-14-30(31,32)24(23-10-6-7-11-25(23)35)18-26(37)34-15-12-22(13-16-34)39-20(2)36/h3-11,18,22H,12-17H2,1-2H3/b24-18-. The number of anilines is 1. The lowest BCUT2D eigenvalue weighted by Gasteiger charge is -2.31. The van der Waals surface area contributed by atoms with Gasteiger partial charge in [-0.25, -0.2) is 13.8 Å². The van der Waals surface area contributed by atoms with Crippen molar-refractivity contribution in [1.29, 1.82) is 0 Å². The first kappa shape index (κ1) is 27.6. The number of hydrogen-bond acceptors (Lipinski definition) is 6. The van der Waals surface area contributed by atoms with Gasteiger partial charge in [-0.15, -0.1) is 11.3 Å². The van der Waals surface area contributed by atoms with Gasteiger partial charge in [0, 0.05) is 68.6 Å². The molecule has 10 heteroatoms. The summed E-state index contributed by atoms with van der Waals surface area (Å²) < 4.78 is 36.5. The third kappa shape index (κ3) is 5.67. The number of alkyl halides is 2. The Morgan fingerprint density at radius 3 is 2.40 bits per heavy atom. The fourth-order valence-corrected chi connectivity index (χ4v) is 6.12. The summed E-state index contributed by atoms with van der Waals surface area (Å²) >= 11 is 1.23. The van der Waals surface area contributed by atoms with Crippen LogP contribution in [0.5, 0.6) is 0 Å². The number of nitrogens with zero attached hydrogens (tertiary/aromatic N) is 3. The molecule has 1 saturated heterocycles. The molecule has 2 aromatic carbocycles. The Morgan fingerprint density at radius 2 is 1.70 bits per heavy atom. The van der Waals surface area contributed by atoms with Gasteiger partial charge in [-0.2, -0.15) is 0 Å². The van der Waals surface area contributed by atoms with Crippen molar-refractivity contribution in [2.75, 3.05) is 24.5 Å². The third-order valence-corrected chi connectivity index (χ3v) is 8.33. The molecule has 7 nitrogen and oxygen atoms in total. The Morgan fingerprint density at radius 1 is 1.02 bits per heavy atom. The lowest BCUT2D eigenvalue weighted by Crippen LogP contribution is -2.41. The largest absolute Gasteiger partial charge is 0.462 e. The minimum Gasteiger partial charge on any atom is -0.462 e. The van der Waals surface area contributed by atoms with E-state index in [1.807, 2.05) is 30.3 Å². The maximum atomic E-state index is 15.6. The number of piperidine rings is 1. The summed E-state index contributed by atoms with van der Waals surface area (Å²) in [6.45, 7) is 3.45. The summed E-state index contributed by atoms with van der Waals surface area (Å²) in [7, 11) is 0. The number of amides is 2. The van der Waals surface area contributed by atoms with E-state index in [1.54, 1.807) is 25.1 Å². The molecule has 5 rings (SSSR count). The average molecular weight is 566 g/mol. The summed E-state index contributed by atoms with van der Waals surface area (Å²) in [6.07, 6.45) is 0.979. The van der Waals surface area contributed by atoms with Gasteiger partial charge in [-0.1, -0.05) is 48.5 Å². The summed E-state index contributed by atoms with van der Waals surface area (Å²) in [5.41, 5.74) is 1.47. The predicted octanol–water partition coefficient (Wildman–Crippen LogP) is 5.74. The van der Waals surface area contributed by atoms with Crippen molar-refractivity contribution < 1.29 is 27.9 Å². The molecule has 3 heterocycles. The van der Waals surface area contributed by atoms with E-state index >= 15 is 8.78 Å². The Kier molecular flexibility index (Phi) is 7.80. The van der Waals surface area contributed by atoms with Gasteiger partial charge in [0.25, 0.3) is 11.8 Å². The van der Waals surface area contributed by atoms with Crippen LogP contribution in [0, 0.1) is 6.92 Å². The number of carbonyl (C=O) groups excluding carboxylic acids is 3. The van der Waals surface area contributed by atoms with Gasteiger partial charge in [0.2, 0.25) is 5.91 Å². The zero-order chi connectivity index (χ0) is 28.4. The second kappa shape index (κ2) is 11.3. The Hall–Kier alpha value is -3.92. The number of halogens is 2. The van der Waals surface area contributed by atoms with E-state index in [0.29, 0.717) is 47.2 Å². The van der Waals surface area contributed by atoms with Crippen molar-refractivity contribution in [3.8, 4) is 10.6 Å². The molecule has 2 aliphatic heterocycles. The number of rotatable bonds is 4. The zero-order valence-electron chi connectivity index (χ0n) is 22.2. The SMILES string of the molecule is CC(=O)OC1CCN(C(=O)/C=C2/c3ccccc3N(C(=O)c3sc(-c4ccccc4)nc3C)CCC2(F)F)CC1. The van der Waals surface area contributed by atoms with Crippen LogP contribution < -0.4 is 4.90 Å². The first-order chi connectivity index (χ1) is 19.1. The molecular weight excluding hydrogens is 536 g/mol. The van der Waals surface area contributed by atoms with Crippen LogP contribution in [0.15, 0.2) is 60.7 Å². The molecule has 0 saturated carbocycles. The van der Waals surface area contributed by atoms with Crippen molar-refractivity contribution in [1.82, 2.24) is 9.88 Å². The van der Waals surface area contributed by atoms with Gasteiger partial charge in [0.1, 0.15) is 16.0 Å². The molecule has 0 unspecified atom stereocenters. The van der Waals surface area contributed by atoms with Crippen LogP contribution in [0.3, 0.4) is 0 Å². The number of carbonyl (C=O) groups is 3. The van der Waals surface area contributed by atoms with E-state index in [0.717, 1.165) is 11.6 Å². The summed E-state index contributed by atoms with van der Waals surface area (Å²) in [4.78, 5) is 46.0. The van der Waals surface area contributed by atoms with Crippen molar-refractivity contribution in [2.45, 2.75) is 45.1 Å². The quantitative estimate of drug-likeness (QED) is 0.298. The number of fused-ring (bicyclic) bond motifs is 1. The number of benzene rings is 2. The Bertz CT molecular complexity index is 1460. The van der Waals surface area contributed by atoms with E-state index in [2.05, 4.69) is 4.98 Å². The van der Waals surface area contributed by atoms with Gasteiger partial charge in [-0.3, -0.25) is 14.4 Å². The minimum atomic E-state index is -3.34. The highest BCUT2D eigenvalue weighted by Crippen LogP contribution is 2.44. The van der Waals surface area contributed by atoms with Crippen LogP contribution in [0.1, 0.15) is 47.1 Å². The molecule has 0 N–H and O–H groups in total. The first-order valence-electron chi connectivity index (χ1n) is 13.1. The molecule has 0 spiro atoms. The van der Waals surface area contributed by atoms with Crippen LogP contribution in [-0.4, -0.2) is 59.3 Å². The zero-order valence-corrected chi connectivity index (χ0v) is 23.0. The van der Waals surface area contributed by atoms with Gasteiger partial charge in [-0.05, 0) is 13.0 Å². The molecule has 1 fully saturated rings. The number of hydrogen-bond donors (Lipinski definition) is 0. The second-order valence-electron chi connectivity index (χ2n) is 9.92. The normalized spacial score (nSPS) is 18.2. The lowest BCUT2D eigenvalue weighted by molar-refractivity contribution is -0.149. The van der Waals surface area contributed by atoms with Crippen LogP contribution in [0.25, 0.3) is 16.1 Å². The van der Waals surface area contributed by atoms with Crippen molar-refractivity contribution in [3.63, 3.8) is 0 Å². The monoisotopic (exact) mass is 565 g/mol. The Balaban J connectivity index is 1.45. The number of thiazole rings is 1. The highest BCUT2D eigenvalue weighted by atomic mass is 32.1. The molecule has 1 aromatic heterocycles. The third-order valence-electron chi connectivity index (χ3n) is 7.14. The molecule has 0 radical (unpaired) electrons. The predicted molar refractivity (Wildman–Crippen MR) is 149 cm³/mol. The van der Waals surface area contributed by atoms with Crippen molar-refractivity contribution in [2.24, 2.45) is 0 Å². The fourth-order valence-electron chi connectivity index (χ4n) is 5.10. The maximum Gasteiger partial charge on any atom is 0.302 e. The van der Waals surface area contributed by atoms with Gasteiger partial charge >= 0.3 is 5.97 Å². The average Bonchev–Trinajstić information content (AvgIpc) is 3.29. The maximum absolute atomic E-state index is 15.6. The molecular formula is C30H29F2N3O4S. The van der Waals surface area contributed by atoms with E-state index in [1.165, 1.54) is 34.1 Å². The van der Waals surface area contributed by atoms with Gasteiger partial charge in [0.15, 0.2) is 0 Å². The number of para-hydroxylation sites is 1. The van der Waals surface area contributed by atoms with E-state index in [-0.39, 0.29) is 24.2 Å². The molecule has 3 aromatic rings. The minimum absolute atomic E-state index is 0.145. The highest BCUT2D eigenvalue weighted by Gasteiger charge is 2.42. The number of likely N-dealkylation sites (tertiary alicyclic amines) is 1. The molecule has 2 amide bonds. The molecule has 0 atom stereocenters. The number of allylic oxidation sites excluding steroid dienone is 1. The number of aryl methyl sites for hydroxylation is 1. The fraction of sp³-hybridized carbons (Fsp3) is 0.333. The molecule has 208 valence electrons. The highest BCUT2D eigenvalue weighted by molar-refractivity contribution is 7.17. The van der Waals surface area contributed by atoms with Gasteiger partial charge < -0.3 is 14.5 Å². The summed E-state index contributed by atoms with van der Waals surface area (Å²) in [5.74, 6) is -4.66. The lowest BCUT2D eigenvalue weighted by atomic mass is 9.96.